The van der Waals surface area contributed by atoms with E-state index in [1.165, 1.54) is 13.8 Å². The Hall–Kier alpha value is -3.75. The minimum atomic E-state index is -1.21. The van der Waals surface area contributed by atoms with E-state index in [4.69, 9.17) is 33.2 Å². The van der Waals surface area contributed by atoms with Crippen molar-refractivity contribution in [2.45, 2.75) is 64.9 Å². The number of carbonyl (C=O) groups is 5. The summed E-state index contributed by atoms with van der Waals surface area (Å²) in [6.45, 7) is 4.95. The van der Waals surface area contributed by atoms with Crippen LogP contribution < -0.4 is 10.6 Å². The molecule has 1 aromatic carbocycles. The third-order valence-corrected chi connectivity index (χ3v) is 5.31. The summed E-state index contributed by atoms with van der Waals surface area (Å²) in [5.74, 6) is -2.50. The van der Waals surface area contributed by atoms with Gasteiger partial charge in [-0.3, -0.25) is 19.2 Å². The maximum Gasteiger partial charge on any atom is 0.407 e. The van der Waals surface area contributed by atoms with Crippen molar-refractivity contribution in [3.8, 4) is 0 Å². The molecule has 2 amide bonds. The Labute approximate surface area is 231 Å². The van der Waals surface area contributed by atoms with Crippen molar-refractivity contribution in [3.05, 3.63) is 35.9 Å². The second-order valence-corrected chi connectivity index (χ2v) is 8.69. The summed E-state index contributed by atoms with van der Waals surface area (Å²) in [7, 11) is 0. The van der Waals surface area contributed by atoms with Gasteiger partial charge in [-0.2, -0.15) is 0 Å². The number of hydrogen-bond acceptors (Lipinski definition) is 12. The first-order valence-electron chi connectivity index (χ1n) is 12.6. The van der Waals surface area contributed by atoms with Crippen LogP contribution in [0.15, 0.2) is 30.3 Å². The van der Waals surface area contributed by atoms with Crippen molar-refractivity contribution in [2.75, 3.05) is 33.0 Å². The van der Waals surface area contributed by atoms with E-state index < -0.39 is 60.6 Å². The van der Waals surface area contributed by atoms with Crippen LogP contribution in [0.3, 0.4) is 0 Å². The molecule has 0 spiro atoms. The Morgan fingerprint density at radius 1 is 0.825 bits per heavy atom. The zero-order chi connectivity index (χ0) is 29.5. The Morgan fingerprint density at radius 3 is 2.12 bits per heavy atom. The van der Waals surface area contributed by atoms with Crippen LogP contribution in [0, 0.1) is 0 Å². The summed E-state index contributed by atoms with van der Waals surface area (Å²) in [5.41, 5.74) is 0.860. The van der Waals surface area contributed by atoms with Gasteiger partial charge in [-0.05, 0) is 5.56 Å². The standard InChI is InChI=1S/C26H36N2O12/c1-16(29)28-22-24(39-19(4)32)23(38-18(3)31)21(15-36-17(2)30)40-25(22)35-13-12-34-11-10-27-26(33)37-14-20-8-6-5-7-9-20/h5-9,21-25H,10-15H2,1-4H3,(H,27,33)(H,28,29)/t21?,22-,23?,24-,25-/m1/s1. The number of ether oxygens (including phenoxy) is 7. The molecular weight excluding hydrogens is 532 g/mol. The number of rotatable bonds is 14. The molecular formula is C26H36N2O12. The van der Waals surface area contributed by atoms with Gasteiger partial charge in [0.1, 0.15) is 25.4 Å². The highest BCUT2D eigenvalue weighted by molar-refractivity contribution is 5.73. The molecule has 1 aliphatic rings. The number of amides is 2. The predicted molar refractivity (Wildman–Crippen MR) is 135 cm³/mol. The minimum absolute atomic E-state index is 0.0233. The molecule has 0 radical (unpaired) electrons. The number of carbonyl (C=O) groups excluding carboxylic acids is 5. The zero-order valence-electron chi connectivity index (χ0n) is 22.9. The molecule has 0 aliphatic carbocycles. The van der Waals surface area contributed by atoms with E-state index in [1.54, 1.807) is 0 Å². The number of nitrogens with one attached hydrogen (secondary N) is 2. The lowest BCUT2D eigenvalue weighted by Gasteiger charge is -2.44. The fourth-order valence-electron chi connectivity index (χ4n) is 3.76. The average molecular weight is 569 g/mol. The second kappa shape index (κ2) is 17.0. The van der Waals surface area contributed by atoms with Crippen molar-refractivity contribution in [2.24, 2.45) is 0 Å². The van der Waals surface area contributed by atoms with Crippen molar-refractivity contribution in [1.82, 2.24) is 10.6 Å². The van der Waals surface area contributed by atoms with Crippen molar-refractivity contribution in [1.29, 1.82) is 0 Å². The Morgan fingerprint density at radius 2 is 1.50 bits per heavy atom. The van der Waals surface area contributed by atoms with Crippen LogP contribution in [0.1, 0.15) is 33.3 Å². The van der Waals surface area contributed by atoms with Crippen molar-refractivity contribution >= 4 is 29.9 Å². The van der Waals surface area contributed by atoms with E-state index >= 15 is 0 Å². The SMILES string of the molecule is CC(=O)N[C@H]1[C@H](OCCOCCNC(=O)OCc2ccccc2)OC(COC(C)=O)C(OC(C)=O)[C@@H]1OC(C)=O. The first-order valence-corrected chi connectivity index (χ1v) is 12.6. The van der Waals surface area contributed by atoms with Gasteiger partial charge in [0.2, 0.25) is 5.91 Å². The highest BCUT2D eigenvalue weighted by Crippen LogP contribution is 2.28. The van der Waals surface area contributed by atoms with Gasteiger partial charge in [0.15, 0.2) is 18.5 Å². The van der Waals surface area contributed by atoms with Crippen LogP contribution >= 0.6 is 0 Å². The van der Waals surface area contributed by atoms with E-state index in [0.717, 1.165) is 19.4 Å². The number of alkyl carbamates (subject to hydrolysis) is 1. The minimum Gasteiger partial charge on any atom is -0.463 e. The third-order valence-electron chi connectivity index (χ3n) is 5.31. The van der Waals surface area contributed by atoms with Crippen LogP contribution in [-0.4, -0.2) is 93.5 Å². The van der Waals surface area contributed by atoms with E-state index in [0.29, 0.717) is 0 Å². The highest BCUT2D eigenvalue weighted by atomic mass is 16.7. The summed E-state index contributed by atoms with van der Waals surface area (Å²) >= 11 is 0. The molecule has 222 valence electrons. The van der Waals surface area contributed by atoms with Crippen molar-refractivity contribution in [3.63, 3.8) is 0 Å². The normalized spacial score (nSPS) is 21.9. The van der Waals surface area contributed by atoms with Gasteiger partial charge in [-0.15, -0.1) is 0 Å². The van der Waals surface area contributed by atoms with Gasteiger partial charge in [0, 0.05) is 34.2 Å². The van der Waals surface area contributed by atoms with Crippen LogP contribution in [0.2, 0.25) is 0 Å². The Bertz CT molecular complexity index is 989. The molecule has 2 unspecified atom stereocenters. The predicted octanol–water partition coefficient (Wildman–Crippen LogP) is 0.602. The molecule has 1 fully saturated rings. The van der Waals surface area contributed by atoms with Gasteiger partial charge in [-0.1, -0.05) is 30.3 Å². The first-order chi connectivity index (χ1) is 19.1. The first kappa shape index (κ1) is 32.5. The molecule has 1 aromatic rings. The van der Waals surface area contributed by atoms with Crippen LogP contribution in [0.4, 0.5) is 4.79 Å². The number of hydrogen-bond donors (Lipinski definition) is 2. The van der Waals surface area contributed by atoms with Crippen molar-refractivity contribution < 1.29 is 57.1 Å². The summed E-state index contributed by atoms with van der Waals surface area (Å²) in [6, 6.07) is 8.17. The van der Waals surface area contributed by atoms with E-state index in [1.807, 2.05) is 30.3 Å². The lowest BCUT2D eigenvalue weighted by atomic mass is 9.96. The Balaban J connectivity index is 1.91. The molecule has 14 heteroatoms. The molecule has 2 rings (SSSR count). The quantitative estimate of drug-likeness (QED) is 0.182. The fraction of sp³-hybridized carbons (Fsp3) is 0.577. The van der Waals surface area contributed by atoms with Crippen LogP contribution in [0.25, 0.3) is 0 Å². The van der Waals surface area contributed by atoms with Gasteiger partial charge in [-0.25, -0.2) is 4.79 Å². The summed E-state index contributed by atoms with van der Waals surface area (Å²) in [4.78, 5) is 58.8. The second-order valence-electron chi connectivity index (χ2n) is 8.69. The Kier molecular flexibility index (Phi) is 13.8. The number of esters is 3. The monoisotopic (exact) mass is 568 g/mol. The summed E-state index contributed by atoms with van der Waals surface area (Å²) < 4.78 is 38.0. The summed E-state index contributed by atoms with van der Waals surface area (Å²) in [5, 5.41) is 5.17. The smallest absolute Gasteiger partial charge is 0.407 e. The topological polar surface area (TPSA) is 174 Å². The lowest BCUT2D eigenvalue weighted by molar-refractivity contribution is -0.279. The molecule has 1 saturated heterocycles. The average Bonchev–Trinajstić information content (AvgIpc) is 2.88. The number of benzene rings is 1. The van der Waals surface area contributed by atoms with E-state index in [-0.39, 0.29) is 39.6 Å². The lowest BCUT2D eigenvalue weighted by Crippen LogP contribution is -2.66. The van der Waals surface area contributed by atoms with E-state index in [9.17, 15) is 24.0 Å². The molecule has 2 N–H and O–H groups in total. The van der Waals surface area contributed by atoms with Crippen LogP contribution in [0.5, 0.6) is 0 Å². The fourth-order valence-corrected chi connectivity index (χ4v) is 3.76. The van der Waals surface area contributed by atoms with Gasteiger partial charge in [0.05, 0.1) is 19.8 Å². The van der Waals surface area contributed by atoms with Gasteiger partial charge in [0.25, 0.3) is 0 Å². The molecule has 0 bridgehead atoms. The molecule has 14 nitrogen and oxygen atoms in total. The zero-order valence-corrected chi connectivity index (χ0v) is 22.9. The molecule has 0 aromatic heterocycles. The molecule has 40 heavy (non-hydrogen) atoms. The maximum absolute atomic E-state index is 11.9. The van der Waals surface area contributed by atoms with Gasteiger partial charge >= 0.3 is 24.0 Å². The van der Waals surface area contributed by atoms with Crippen LogP contribution in [-0.2, 0) is 58.9 Å². The largest absolute Gasteiger partial charge is 0.463 e. The van der Waals surface area contributed by atoms with Gasteiger partial charge < -0.3 is 43.8 Å². The maximum atomic E-state index is 11.9. The highest BCUT2D eigenvalue weighted by Gasteiger charge is 2.51. The summed E-state index contributed by atoms with van der Waals surface area (Å²) in [6.07, 6.45) is -5.26. The van der Waals surface area contributed by atoms with E-state index in [2.05, 4.69) is 10.6 Å². The molecule has 1 aliphatic heterocycles. The molecule has 1 heterocycles. The third kappa shape index (κ3) is 12.0. The molecule has 5 atom stereocenters. The molecule has 0 saturated carbocycles.